The lowest BCUT2D eigenvalue weighted by Crippen LogP contribution is -2.42. The van der Waals surface area contributed by atoms with E-state index in [0.29, 0.717) is 0 Å². The fourth-order valence-corrected chi connectivity index (χ4v) is 1.40. The van der Waals surface area contributed by atoms with Gasteiger partial charge in [-0.25, -0.2) is 0 Å². The predicted octanol–water partition coefficient (Wildman–Crippen LogP) is 2.27. The van der Waals surface area contributed by atoms with Gasteiger partial charge in [0, 0.05) is 0 Å². The Morgan fingerprint density at radius 3 is 2.43 bits per heavy atom. The first-order valence-electron chi connectivity index (χ1n) is 5.59. The van der Waals surface area contributed by atoms with Crippen molar-refractivity contribution in [2.24, 2.45) is 5.92 Å². The molecule has 3 heteroatoms. The van der Waals surface area contributed by atoms with Crippen LogP contribution in [0.5, 0.6) is 0 Å². The molecule has 0 spiro atoms. The Balaban J connectivity index is 3.80. The molecule has 0 saturated carbocycles. The van der Waals surface area contributed by atoms with Crippen LogP contribution in [0.1, 0.15) is 46.5 Å². The minimum atomic E-state index is -0.726. The normalized spacial score (nSPS) is 15.1. The highest BCUT2D eigenvalue weighted by atomic mass is 16.4. The van der Waals surface area contributed by atoms with Crippen LogP contribution in [-0.2, 0) is 4.79 Å². The van der Waals surface area contributed by atoms with Gasteiger partial charge in [-0.15, -0.1) is 0 Å². The Hall–Kier alpha value is -0.570. The third kappa shape index (κ3) is 5.22. The van der Waals surface area contributed by atoms with Crippen LogP contribution in [0.2, 0.25) is 0 Å². The molecule has 0 amide bonds. The van der Waals surface area contributed by atoms with E-state index < -0.39 is 5.97 Å². The van der Waals surface area contributed by atoms with E-state index in [-0.39, 0.29) is 12.0 Å². The lowest BCUT2D eigenvalue weighted by Gasteiger charge is -2.19. The van der Waals surface area contributed by atoms with Crippen LogP contribution in [0.25, 0.3) is 0 Å². The summed E-state index contributed by atoms with van der Waals surface area (Å²) in [4.78, 5) is 10.9. The van der Waals surface area contributed by atoms with E-state index in [9.17, 15) is 4.79 Å². The van der Waals surface area contributed by atoms with Gasteiger partial charge in [-0.05, 0) is 18.9 Å². The minimum Gasteiger partial charge on any atom is -0.480 e. The van der Waals surface area contributed by atoms with Gasteiger partial charge in [-0.2, -0.15) is 0 Å². The van der Waals surface area contributed by atoms with Gasteiger partial charge in [0.2, 0.25) is 0 Å². The van der Waals surface area contributed by atoms with Crippen LogP contribution < -0.4 is 5.32 Å². The second-order valence-electron chi connectivity index (χ2n) is 3.86. The first-order valence-corrected chi connectivity index (χ1v) is 5.59. The average molecular weight is 201 g/mol. The van der Waals surface area contributed by atoms with Crippen LogP contribution in [0.15, 0.2) is 0 Å². The van der Waals surface area contributed by atoms with Gasteiger partial charge in [0.05, 0.1) is 0 Å². The highest BCUT2D eigenvalue weighted by Crippen LogP contribution is 2.08. The smallest absolute Gasteiger partial charge is 0.320 e. The molecule has 0 bridgehead atoms. The van der Waals surface area contributed by atoms with Gasteiger partial charge in [-0.1, -0.05) is 40.0 Å². The third-order valence-corrected chi connectivity index (χ3v) is 2.62. The van der Waals surface area contributed by atoms with Crippen molar-refractivity contribution in [3.63, 3.8) is 0 Å². The quantitative estimate of drug-likeness (QED) is 0.592. The molecule has 0 aromatic rings. The van der Waals surface area contributed by atoms with Crippen LogP contribution in [0.3, 0.4) is 0 Å². The predicted molar refractivity (Wildman–Crippen MR) is 58.4 cm³/mol. The van der Waals surface area contributed by atoms with Crippen molar-refractivity contribution in [3.8, 4) is 0 Å². The van der Waals surface area contributed by atoms with Gasteiger partial charge in [0.25, 0.3) is 0 Å². The molecule has 0 fully saturated rings. The Labute approximate surface area is 86.9 Å². The van der Waals surface area contributed by atoms with Crippen molar-refractivity contribution in [3.05, 3.63) is 0 Å². The van der Waals surface area contributed by atoms with Crippen LogP contribution in [0, 0.1) is 5.92 Å². The van der Waals surface area contributed by atoms with Gasteiger partial charge in [0.15, 0.2) is 0 Å². The second-order valence-corrected chi connectivity index (χ2v) is 3.86. The fraction of sp³-hybridized carbons (Fsp3) is 0.909. The molecular weight excluding hydrogens is 178 g/mol. The molecule has 0 rings (SSSR count). The summed E-state index contributed by atoms with van der Waals surface area (Å²) in [5.74, 6) is -0.523. The molecule has 0 aromatic carbocycles. The van der Waals surface area contributed by atoms with E-state index in [0.717, 1.165) is 19.4 Å². The SMILES string of the molecule is CCCCCN[C@H](C(=O)O)[C@@H](C)CC. The first-order chi connectivity index (χ1) is 6.63. The number of hydrogen-bond donors (Lipinski definition) is 2. The zero-order valence-electron chi connectivity index (χ0n) is 9.55. The molecule has 0 radical (unpaired) electrons. The zero-order valence-corrected chi connectivity index (χ0v) is 9.55. The number of carboxylic acid groups (broad SMARTS) is 1. The molecule has 0 aliphatic carbocycles. The van der Waals surface area contributed by atoms with Crippen LogP contribution in [0.4, 0.5) is 0 Å². The maximum Gasteiger partial charge on any atom is 0.320 e. The van der Waals surface area contributed by atoms with Crippen LogP contribution >= 0.6 is 0 Å². The highest BCUT2D eigenvalue weighted by molar-refractivity contribution is 5.73. The summed E-state index contributed by atoms with van der Waals surface area (Å²) in [6.45, 7) is 6.96. The molecule has 0 aliphatic rings. The Morgan fingerprint density at radius 1 is 1.36 bits per heavy atom. The van der Waals surface area contributed by atoms with Crippen molar-refractivity contribution in [1.29, 1.82) is 0 Å². The van der Waals surface area contributed by atoms with Gasteiger partial charge >= 0.3 is 5.97 Å². The summed E-state index contributed by atoms with van der Waals surface area (Å²) in [6.07, 6.45) is 4.30. The summed E-state index contributed by atoms with van der Waals surface area (Å²) >= 11 is 0. The fourth-order valence-electron chi connectivity index (χ4n) is 1.40. The maximum atomic E-state index is 10.9. The van der Waals surface area contributed by atoms with Crippen LogP contribution in [-0.4, -0.2) is 23.7 Å². The van der Waals surface area contributed by atoms with E-state index in [2.05, 4.69) is 12.2 Å². The van der Waals surface area contributed by atoms with Crippen molar-refractivity contribution >= 4 is 5.97 Å². The topological polar surface area (TPSA) is 49.3 Å². The first kappa shape index (κ1) is 13.4. The molecule has 3 nitrogen and oxygen atoms in total. The largest absolute Gasteiger partial charge is 0.480 e. The standard InChI is InChI=1S/C11H23NO2/c1-4-6-7-8-12-10(11(13)14)9(3)5-2/h9-10,12H,4-8H2,1-3H3,(H,13,14)/t9-,10-/m0/s1. The molecule has 14 heavy (non-hydrogen) atoms. The van der Waals surface area contributed by atoms with Gasteiger partial charge in [-0.3, -0.25) is 4.79 Å². The van der Waals surface area contributed by atoms with Gasteiger partial charge < -0.3 is 10.4 Å². The summed E-state index contributed by atoms with van der Waals surface area (Å²) in [5.41, 5.74) is 0. The van der Waals surface area contributed by atoms with Crippen molar-refractivity contribution < 1.29 is 9.90 Å². The van der Waals surface area contributed by atoms with E-state index in [1.54, 1.807) is 0 Å². The number of hydrogen-bond acceptors (Lipinski definition) is 2. The summed E-state index contributed by atoms with van der Waals surface area (Å²) in [6, 6.07) is -0.378. The summed E-state index contributed by atoms with van der Waals surface area (Å²) < 4.78 is 0. The maximum absolute atomic E-state index is 10.9. The van der Waals surface area contributed by atoms with E-state index in [1.807, 2.05) is 13.8 Å². The number of rotatable bonds is 8. The number of nitrogens with one attached hydrogen (secondary N) is 1. The number of carbonyl (C=O) groups is 1. The molecular formula is C11H23NO2. The number of unbranched alkanes of at least 4 members (excludes halogenated alkanes) is 2. The molecule has 2 atom stereocenters. The molecule has 0 aliphatic heterocycles. The Morgan fingerprint density at radius 2 is 2.00 bits per heavy atom. The molecule has 0 aromatic heterocycles. The van der Waals surface area contributed by atoms with E-state index >= 15 is 0 Å². The average Bonchev–Trinajstić information content (AvgIpc) is 2.16. The Bertz CT molecular complexity index is 159. The molecule has 0 saturated heterocycles. The third-order valence-electron chi connectivity index (χ3n) is 2.62. The molecule has 2 N–H and O–H groups in total. The van der Waals surface area contributed by atoms with E-state index in [1.165, 1.54) is 12.8 Å². The van der Waals surface area contributed by atoms with E-state index in [4.69, 9.17) is 5.11 Å². The summed E-state index contributed by atoms with van der Waals surface area (Å²) in [7, 11) is 0. The van der Waals surface area contributed by atoms with Crippen molar-refractivity contribution in [2.75, 3.05) is 6.54 Å². The van der Waals surface area contributed by atoms with Gasteiger partial charge in [0.1, 0.15) is 6.04 Å². The minimum absolute atomic E-state index is 0.203. The molecule has 84 valence electrons. The lowest BCUT2D eigenvalue weighted by atomic mass is 9.99. The second kappa shape index (κ2) is 7.80. The monoisotopic (exact) mass is 201 g/mol. The number of carboxylic acids is 1. The van der Waals surface area contributed by atoms with Crippen molar-refractivity contribution in [2.45, 2.75) is 52.5 Å². The number of aliphatic carboxylic acids is 1. The van der Waals surface area contributed by atoms with Crippen molar-refractivity contribution in [1.82, 2.24) is 5.32 Å². The zero-order chi connectivity index (χ0) is 11.0. The summed E-state index contributed by atoms with van der Waals surface area (Å²) in [5, 5.41) is 12.1. The Kier molecular flexibility index (Phi) is 7.48. The molecule has 0 unspecified atom stereocenters. The highest BCUT2D eigenvalue weighted by Gasteiger charge is 2.21. The lowest BCUT2D eigenvalue weighted by molar-refractivity contribution is -0.140. The molecule has 0 heterocycles.